The Balaban J connectivity index is 1.77. The first-order chi connectivity index (χ1) is 7.69. The van der Waals surface area contributed by atoms with Gasteiger partial charge in [0.25, 0.3) is 5.69 Å². The fraction of sp³-hybridized carbons (Fsp3) is 0.500. The molecule has 84 valence electrons. The molecule has 1 aliphatic carbocycles. The Labute approximate surface area is 94.0 Å². The number of non-ortho nitro benzene ring substituents is 1. The van der Waals surface area contributed by atoms with E-state index in [0.717, 1.165) is 18.8 Å². The molecule has 4 heteroatoms. The fourth-order valence-electron chi connectivity index (χ4n) is 2.53. The summed E-state index contributed by atoms with van der Waals surface area (Å²) < 4.78 is 0. The summed E-state index contributed by atoms with van der Waals surface area (Å²) in [6, 6.07) is 6.90. The Kier molecular flexibility index (Phi) is 1.93. The van der Waals surface area contributed by atoms with Gasteiger partial charge in [-0.2, -0.15) is 0 Å². The second-order valence-corrected chi connectivity index (χ2v) is 4.95. The second-order valence-electron chi connectivity index (χ2n) is 4.95. The number of benzene rings is 1. The van der Waals surface area contributed by atoms with Crippen molar-refractivity contribution in [3.8, 4) is 0 Å². The molecule has 0 atom stereocenters. The molecule has 1 spiro atoms. The van der Waals surface area contributed by atoms with Crippen molar-refractivity contribution >= 4 is 11.4 Å². The van der Waals surface area contributed by atoms with Crippen LogP contribution in [0, 0.1) is 15.5 Å². The van der Waals surface area contributed by atoms with Crippen LogP contribution >= 0.6 is 0 Å². The monoisotopic (exact) mass is 218 g/mol. The maximum atomic E-state index is 10.5. The van der Waals surface area contributed by atoms with E-state index in [0.29, 0.717) is 5.41 Å². The highest BCUT2D eigenvalue weighted by atomic mass is 16.6. The maximum absolute atomic E-state index is 10.5. The van der Waals surface area contributed by atoms with E-state index in [1.54, 1.807) is 12.1 Å². The standard InChI is InChI=1S/C12H14N2O2/c15-14(16)11-3-1-10(2-4-11)13-8-7-12(9-13)5-6-12/h1-4H,5-9H2. The maximum Gasteiger partial charge on any atom is 0.269 e. The average Bonchev–Trinajstić information content (AvgIpc) is 2.89. The topological polar surface area (TPSA) is 46.4 Å². The minimum absolute atomic E-state index is 0.170. The van der Waals surface area contributed by atoms with Gasteiger partial charge in [0, 0.05) is 30.9 Å². The summed E-state index contributed by atoms with van der Waals surface area (Å²) in [6.07, 6.45) is 4.00. The lowest BCUT2D eigenvalue weighted by Crippen LogP contribution is -2.19. The van der Waals surface area contributed by atoms with Crippen molar-refractivity contribution < 1.29 is 4.92 Å². The Morgan fingerprint density at radius 2 is 1.88 bits per heavy atom. The second kappa shape index (κ2) is 3.20. The third-order valence-corrected chi connectivity index (χ3v) is 3.82. The summed E-state index contributed by atoms with van der Waals surface area (Å²) in [7, 11) is 0. The van der Waals surface area contributed by atoms with Crippen molar-refractivity contribution in [3.05, 3.63) is 34.4 Å². The van der Waals surface area contributed by atoms with E-state index in [1.807, 2.05) is 12.1 Å². The molecule has 0 aromatic heterocycles. The van der Waals surface area contributed by atoms with Crippen molar-refractivity contribution in [2.75, 3.05) is 18.0 Å². The summed E-state index contributed by atoms with van der Waals surface area (Å²) in [5.41, 5.74) is 1.89. The van der Waals surface area contributed by atoms with E-state index in [-0.39, 0.29) is 10.6 Å². The molecule has 2 fully saturated rings. The lowest BCUT2D eigenvalue weighted by Gasteiger charge is -2.18. The quantitative estimate of drug-likeness (QED) is 0.566. The largest absolute Gasteiger partial charge is 0.371 e. The molecule has 1 saturated carbocycles. The van der Waals surface area contributed by atoms with E-state index >= 15 is 0 Å². The van der Waals surface area contributed by atoms with E-state index in [9.17, 15) is 10.1 Å². The number of nitro groups is 1. The van der Waals surface area contributed by atoms with Gasteiger partial charge in [0.05, 0.1) is 4.92 Å². The minimum Gasteiger partial charge on any atom is -0.371 e. The van der Waals surface area contributed by atoms with Crippen molar-refractivity contribution in [2.45, 2.75) is 19.3 Å². The number of hydrogen-bond donors (Lipinski definition) is 0. The molecule has 1 saturated heterocycles. The summed E-state index contributed by atoms with van der Waals surface area (Å²) in [5.74, 6) is 0. The Hall–Kier alpha value is -1.58. The number of nitro benzene ring substituents is 1. The van der Waals surface area contributed by atoms with Crippen LogP contribution in [0.1, 0.15) is 19.3 Å². The first kappa shape index (κ1) is 9.63. The highest BCUT2D eigenvalue weighted by Crippen LogP contribution is 2.53. The van der Waals surface area contributed by atoms with Gasteiger partial charge < -0.3 is 4.90 Å². The third kappa shape index (κ3) is 1.54. The molecular weight excluding hydrogens is 204 g/mol. The van der Waals surface area contributed by atoms with Crippen molar-refractivity contribution in [1.82, 2.24) is 0 Å². The van der Waals surface area contributed by atoms with E-state index in [2.05, 4.69) is 4.90 Å². The zero-order chi connectivity index (χ0) is 11.2. The van der Waals surface area contributed by atoms with Gasteiger partial charge in [-0.1, -0.05) is 0 Å². The molecule has 1 heterocycles. The molecule has 4 nitrogen and oxygen atoms in total. The summed E-state index contributed by atoms with van der Waals surface area (Å²) in [5, 5.41) is 10.5. The zero-order valence-electron chi connectivity index (χ0n) is 9.06. The van der Waals surface area contributed by atoms with Gasteiger partial charge in [-0.3, -0.25) is 10.1 Å². The number of hydrogen-bond acceptors (Lipinski definition) is 3. The van der Waals surface area contributed by atoms with E-state index < -0.39 is 0 Å². The van der Waals surface area contributed by atoms with Gasteiger partial charge in [0.2, 0.25) is 0 Å². The van der Waals surface area contributed by atoms with Crippen LogP contribution in [-0.4, -0.2) is 18.0 Å². The lowest BCUT2D eigenvalue weighted by molar-refractivity contribution is -0.384. The highest BCUT2D eigenvalue weighted by molar-refractivity contribution is 5.52. The summed E-state index contributed by atoms with van der Waals surface area (Å²) in [4.78, 5) is 12.5. The van der Waals surface area contributed by atoms with Crippen molar-refractivity contribution in [2.24, 2.45) is 5.41 Å². The molecule has 3 rings (SSSR count). The highest BCUT2D eigenvalue weighted by Gasteiger charge is 2.47. The van der Waals surface area contributed by atoms with Crippen LogP contribution in [0.15, 0.2) is 24.3 Å². The van der Waals surface area contributed by atoms with Crippen LogP contribution in [0.25, 0.3) is 0 Å². The van der Waals surface area contributed by atoms with Gasteiger partial charge in [0.1, 0.15) is 0 Å². The molecular formula is C12H14N2O2. The van der Waals surface area contributed by atoms with Crippen molar-refractivity contribution in [1.29, 1.82) is 0 Å². The van der Waals surface area contributed by atoms with Crippen LogP contribution in [0.5, 0.6) is 0 Å². The molecule has 16 heavy (non-hydrogen) atoms. The van der Waals surface area contributed by atoms with Crippen LogP contribution in [-0.2, 0) is 0 Å². The Morgan fingerprint density at radius 1 is 1.19 bits per heavy atom. The van der Waals surface area contributed by atoms with E-state index in [1.165, 1.54) is 19.3 Å². The third-order valence-electron chi connectivity index (χ3n) is 3.82. The van der Waals surface area contributed by atoms with Crippen LogP contribution < -0.4 is 4.90 Å². The molecule has 0 amide bonds. The first-order valence-corrected chi connectivity index (χ1v) is 5.68. The molecule has 1 aromatic carbocycles. The molecule has 0 unspecified atom stereocenters. The SMILES string of the molecule is O=[N+]([O-])c1ccc(N2CCC3(CC3)C2)cc1. The zero-order valence-corrected chi connectivity index (χ0v) is 9.06. The van der Waals surface area contributed by atoms with Gasteiger partial charge in [0.15, 0.2) is 0 Å². The number of nitrogens with zero attached hydrogens (tertiary/aromatic N) is 2. The van der Waals surface area contributed by atoms with Gasteiger partial charge in [-0.05, 0) is 36.8 Å². The Bertz CT molecular complexity index is 423. The number of anilines is 1. The summed E-state index contributed by atoms with van der Waals surface area (Å²) >= 11 is 0. The molecule has 1 aliphatic heterocycles. The molecule has 0 radical (unpaired) electrons. The lowest BCUT2D eigenvalue weighted by atomic mass is 10.1. The predicted molar refractivity (Wildman–Crippen MR) is 61.6 cm³/mol. The molecule has 2 aliphatic rings. The van der Waals surface area contributed by atoms with Gasteiger partial charge in [-0.15, -0.1) is 0 Å². The van der Waals surface area contributed by atoms with Gasteiger partial charge >= 0.3 is 0 Å². The van der Waals surface area contributed by atoms with Crippen molar-refractivity contribution in [3.63, 3.8) is 0 Å². The molecule has 0 N–H and O–H groups in total. The van der Waals surface area contributed by atoms with Gasteiger partial charge in [-0.25, -0.2) is 0 Å². The fourth-order valence-corrected chi connectivity index (χ4v) is 2.53. The first-order valence-electron chi connectivity index (χ1n) is 5.68. The predicted octanol–water partition coefficient (Wildman–Crippen LogP) is 2.59. The minimum atomic E-state index is -0.351. The normalized spacial score (nSPS) is 21.4. The summed E-state index contributed by atoms with van der Waals surface area (Å²) in [6.45, 7) is 2.22. The van der Waals surface area contributed by atoms with Crippen LogP contribution in [0.2, 0.25) is 0 Å². The Morgan fingerprint density at radius 3 is 2.38 bits per heavy atom. The smallest absolute Gasteiger partial charge is 0.269 e. The van der Waals surface area contributed by atoms with E-state index in [4.69, 9.17) is 0 Å². The molecule has 1 aromatic rings. The van der Waals surface area contributed by atoms with Crippen LogP contribution in [0.3, 0.4) is 0 Å². The van der Waals surface area contributed by atoms with Crippen LogP contribution in [0.4, 0.5) is 11.4 Å². The number of rotatable bonds is 2. The average molecular weight is 218 g/mol. The molecule has 0 bridgehead atoms.